The molecule has 1 aliphatic heterocycles. The summed E-state index contributed by atoms with van der Waals surface area (Å²) in [5.41, 5.74) is 1.23. The van der Waals surface area contributed by atoms with Gasteiger partial charge in [-0.05, 0) is 78.8 Å². The molecule has 4 rings (SSSR count). The van der Waals surface area contributed by atoms with Gasteiger partial charge in [0.1, 0.15) is 18.0 Å². The zero-order valence-electron chi connectivity index (χ0n) is 19.6. The molecule has 3 aromatic rings. The quantitative estimate of drug-likeness (QED) is 0.259. The second kappa shape index (κ2) is 11.0. The molecule has 0 unspecified atom stereocenters. The van der Waals surface area contributed by atoms with Gasteiger partial charge in [0.05, 0.1) is 17.9 Å². The number of benzene rings is 3. The Morgan fingerprint density at radius 1 is 1.05 bits per heavy atom. The van der Waals surface area contributed by atoms with Crippen LogP contribution in [0.5, 0.6) is 11.5 Å². The molecule has 37 heavy (non-hydrogen) atoms. The molecule has 1 aliphatic rings. The van der Waals surface area contributed by atoms with Crippen LogP contribution in [0, 0.1) is 5.82 Å². The number of thiocarbonyl (C=S) groups is 1. The van der Waals surface area contributed by atoms with Crippen LogP contribution >= 0.6 is 12.2 Å². The fraction of sp³-hybridized carbons (Fsp3) is 0.111. The molecule has 2 amide bonds. The Morgan fingerprint density at radius 3 is 2.51 bits per heavy atom. The van der Waals surface area contributed by atoms with Gasteiger partial charge < -0.3 is 14.6 Å². The van der Waals surface area contributed by atoms with Crippen molar-refractivity contribution in [1.82, 2.24) is 5.32 Å². The van der Waals surface area contributed by atoms with Gasteiger partial charge in [0.25, 0.3) is 11.8 Å². The van der Waals surface area contributed by atoms with E-state index in [4.69, 9.17) is 21.7 Å². The zero-order valence-corrected chi connectivity index (χ0v) is 20.4. The van der Waals surface area contributed by atoms with Crippen LogP contribution < -0.4 is 19.7 Å². The third kappa shape index (κ3) is 5.81. The van der Waals surface area contributed by atoms with Crippen molar-refractivity contribution in [2.24, 2.45) is 0 Å². The van der Waals surface area contributed by atoms with Crippen molar-refractivity contribution in [1.29, 1.82) is 0 Å². The molecule has 10 heteroatoms. The largest absolute Gasteiger partial charge is 0.490 e. The summed E-state index contributed by atoms with van der Waals surface area (Å²) in [6.07, 6.45) is 1.39. The number of carboxylic acid groups (broad SMARTS) is 1. The summed E-state index contributed by atoms with van der Waals surface area (Å²) in [4.78, 5) is 38.3. The minimum atomic E-state index is -1.16. The number of hydrogen-bond acceptors (Lipinski definition) is 6. The SMILES string of the molecule is CCOc1cc(C=C2C(=O)NC(=S)N(c3cccc(C(=O)O)c3)C2=O)ccc1OCc1ccc(F)cc1. The van der Waals surface area contributed by atoms with Gasteiger partial charge in [0, 0.05) is 0 Å². The molecule has 188 valence electrons. The maximum atomic E-state index is 13.3. The van der Waals surface area contributed by atoms with E-state index in [1.54, 1.807) is 37.3 Å². The number of halogens is 1. The van der Waals surface area contributed by atoms with Crippen LogP contribution in [-0.2, 0) is 16.2 Å². The molecule has 1 fully saturated rings. The van der Waals surface area contributed by atoms with E-state index < -0.39 is 17.8 Å². The molecule has 8 nitrogen and oxygen atoms in total. The van der Waals surface area contributed by atoms with Crippen LogP contribution in [0.2, 0.25) is 0 Å². The number of nitrogens with one attached hydrogen (secondary N) is 1. The smallest absolute Gasteiger partial charge is 0.335 e. The molecule has 0 bridgehead atoms. The highest BCUT2D eigenvalue weighted by molar-refractivity contribution is 7.80. The van der Waals surface area contributed by atoms with Gasteiger partial charge in [-0.15, -0.1) is 0 Å². The van der Waals surface area contributed by atoms with E-state index >= 15 is 0 Å². The zero-order chi connectivity index (χ0) is 26.5. The summed E-state index contributed by atoms with van der Waals surface area (Å²) < 4.78 is 24.7. The number of rotatable bonds is 8. The summed E-state index contributed by atoms with van der Waals surface area (Å²) >= 11 is 5.18. The number of ether oxygens (including phenoxy) is 2. The second-order valence-electron chi connectivity index (χ2n) is 7.87. The van der Waals surface area contributed by atoms with Gasteiger partial charge in [0.2, 0.25) is 0 Å². The van der Waals surface area contributed by atoms with Crippen molar-refractivity contribution in [2.75, 3.05) is 11.5 Å². The minimum Gasteiger partial charge on any atom is -0.490 e. The lowest BCUT2D eigenvalue weighted by atomic mass is 10.1. The van der Waals surface area contributed by atoms with E-state index in [-0.39, 0.29) is 34.4 Å². The highest BCUT2D eigenvalue weighted by Gasteiger charge is 2.34. The van der Waals surface area contributed by atoms with Gasteiger partial charge in [-0.2, -0.15) is 0 Å². The Morgan fingerprint density at radius 2 is 1.81 bits per heavy atom. The van der Waals surface area contributed by atoms with Gasteiger partial charge >= 0.3 is 5.97 Å². The summed E-state index contributed by atoms with van der Waals surface area (Å²) in [6.45, 7) is 2.33. The van der Waals surface area contributed by atoms with Crippen LogP contribution in [-0.4, -0.2) is 34.6 Å². The van der Waals surface area contributed by atoms with E-state index in [9.17, 15) is 23.9 Å². The van der Waals surface area contributed by atoms with E-state index in [1.807, 2.05) is 0 Å². The predicted molar refractivity (Wildman–Crippen MR) is 138 cm³/mol. The number of nitrogens with zero attached hydrogens (tertiary/aromatic N) is 1. The first-order valence-electron chi connectivity index (χ1n) is 11.2. The van der Waals surface area contributed by atoms with E-state index in [1.165, 1.54) is 42.5 Å². The second-order valence-corrected chi connectivity index (χ2v) is 8.25. The molecule has 0 spiro atoms. The molecule has 0 aliphatic carbocycles. The van der Waals surface area contributed by atoms with Crippen molar-refractivity contribution < 1.29 is 33.4 Å². The third-order valence-corrected chi connectivity index (χ3v) is 5.62. The standard InChI is InChI=1S/C27H21FN2O6S/c1-2-35-23-13-17(8-11-22(23)36-15-16-6-9-19(28)10-7-16)12-21-24(31)29-27(37)30(25(21)32)20-5-3-4-18(14-20)26(33)34/h3-14H,2,15H2,1H3,(H,33,34)(H,29,31,37). The Hall–Kier alpha value is -4.57. The van der Waals surface area contributed by atoms with Crippen LogP contribution in [0.1, 0.15) is 28.4 Å². The molecule has 1 heterocycles. The number of carbonyl (C=O) groups excluding carboxylic acids is 2. The highest BCUT2D eigenvalue weighted by Crippen LogP contribution is 2.31. The number of hydrogen-bond donors (Lipinski definition) is 2. The van der Waals surface area contributed by atoms with Crippen LogP contribution in [0.4, 0.5) is 10.1 Å². The Bertz CT molecular complexity index is 1420. The first-order valence-corrected chi connectivity index (χ1v) is 11.6. The van der Waals surface area contributed by atoms with Gasteiger partial charge in [-0.25, -0.2) is 9.18 Å². The predicted octanol–water partition coefficient (Wildman–Crippen LogP) is 4.33. The minimum absolute atomic E-state index is 0.0342. The Kier molecular flexibility index (Phi) is 7.59. The monoisotopic (exact) mass is 520 g/mol. The van der Waals surface area contributed by atoms with E-state index in [0.29, 0.717) is 23.7 Å². The fourth-order valence-electron chi connectivity index (χ4n) is 3.58. The van der Waals surface area contributed by atoms with Crippen molar-refractivity contribution >= 4 is 46.9 Å². The van der Waals surface area contributed by atoms with Gasteiger partial charge in [0.15, 0.2) is 16.6 Å². The number of amides is 2. The van der Waals surface area contributed by atoms with Crippen molar-refractivity contribution in [2.45, 2.75) is 13.5 Å². The lowest BCUT2D eigenvalue weighted by Gasteiger charge is -2.29. The summed E-state index contributed by atoms with van der Waals surface area (Å²) in [5, 5.41) is 11.6. The number of anilines is 1. The molecule has 0 atom stereocenters. The Balaban J connectivity index is 1.62. The third-order valence-electron chi connectivity index (χ3n) is 5.34. The summed E-state index contributed by atoms with van der Waals surface area (Å²) in [7, 11) is 0. The summed E-state index contributed by atoms with van der Waals surface area (Å²) in [6, 6.07) is 16.5. The molecular weight excluding hydrogens is 499 g/mol. The fourth-order valence-corrected chi connectivity index (χ4v) is 3.86. The topological polar surface area (TPSA) is 105 Å². The van der Waals surface area contributed by atoms with Crippen molar-refractivity contribution in [3.63, 3.8) is 0 Å². The van der Waals surface area contributed by atoms with Crippen molar-refractivity contribution in [3.8, 4) is 11.5 Å². The average Bonchev–Trinajstić information content (AvgIpc) is 2.87. The van der Waals surface area contributed by atoms with Gasteiger partial charge in [-0.3, -0.25) is 19.8 Å². The highest BCUT2D eigenvalue weighted by atomic mass is 32.1. The maximum absolute atomic E-state index is 13.3. The number of carbonyl (C=O) groups is 3. The molecular formula is C27H21FN2O6S. The van der Waals surface area contributed by atoms with Gasteiger partial charge in [-0.1, -0.05) is 24.3 Å². The van der Waals surface area contributed by atoms with Crippen LogP contribution in [0.15, 0.2) is 72.3 Å². The molecule has 0 saturated carbocycles. The van der Waals surface area contributed by atoms with Crippen molar-refractivity contribution in [3.05, 3.63) is 94.8 Å². The number of aromatic carboxylic acids is 1. The molecule has 2 N–H and O–H groups in total. The Labute approximate surface area is 216 Å². The maximum Gasteiger partial charge on any atom is 0.335 e. The first kappa shape index (κ1) is 25.5. The average molecular weight is 521 g/mol. The van der Waals surface area contributed by atoms with E-state index in [2.05, 4.69) is 5.32 Å². The number of carboxylic acids is 1. The normalized spacial score (nSPS) is 14.5. The molecule has 0 radical (unpaired) electrons. The first-order chi connectivity index (χ1) is 17.8. The summed E-state index contributed by atoms with van der Waals surface area (Å²) in [5.74, 6) is -2.07. The van der Waals surface area contributed by atoms with E-state index in [0.717, 1.165) is 10.5 Å². The molecule has 1 saturated heterocycles. The van der Waals surface area contributed by atoms with Crippen LogP contribution in [0.25, 0.3) is 6.08 Å². The lowest BCUT2D eigenvalue weighted by molar-refractivity contribution is -0.122. The lowest BCUT2D eigenvalue weighted by Crippen LogP contribution is -2.54. The molecule has 3 aromatic carbocycles. The van der Waals surface area contributed by atoms with Crippen LogP contribution in [0.3, 0.4) is 0 Å². The molecule has 0 aromatic heterocycles.